The van der Waals surface area contributed by atoms with Crippen molar-refractivity contribution in [3.8, 4) is 0 Å². The van der Waals surface area contributed by atoms with E-state index in [-0.39, 0.29) is 12.5 Å². The quantitative estimate of drug-likeness (QED) is 0.817. The monoisotopic (exact) mass is 309 g/mol. The number of anilines is 1. The second kappa shape index (κ2) is 6.58. The van der Waals surface area contributed by atoms with Crippen LogP contribution in [0.25, 0.3) is 0 Å². The number of para-hydroxylation sites is 1. The van der Waals surface area contributed by atoms with Gasteiger partial charge in [-0.15, -0.1) is 0 Å². The maximum atomic E-state index is 12.0. The fourth-order valence-electron chi connectivity index (χ4n) is 2.11. The number of imide groups is 1. The third-order valence-electron chi connectivity index (χ3n) is 3.13. The molecule has 1 fully saturated rings. The molecule has 4 amide bonds. The highest BCUT2D eigenvalue weighted by molar-refractivity contribution is 6.33. The van der Waals surface area contributed by atoms with Crippen LogP contribution in [-0.4, -0.2) is 35.3 Å². The highest BCUT2D eigenvalue weighted by atomic mass is 35.5. The molecule has 0 radical (unpaired) electrons. The van der Waals surface area contributed by atoms with Gasteiger partial charge in [0.2, 0.25) is 5.91 Å². The molecular weight excluding hydrogens is 294 g/mol. The molecule has 6 nitrogen and oxygen atoms in total. The van der Waals surface area contributed by atoms with E-state index in [0.717, 1.165) is 11.3 Å². The number of hydrogen-bond donors (Lipinski definition) is 2. The zero-order valence-electron chi connectivity index (χ0n) is 11.6. The molecule has 1 aliphatic rings. The first-order valence-corrected chi connectivity index (χ1v) is 7.07. The zero-order valence-corrected chi connectivity index (χ0v) is 12.3. The van der Waals surface area contributed by atoms with Crippen LogP contribution >= 0.6 is 11.6 Å². The predicted octanol–water partition coefficient (Wildman–Crippen LogP) is 2.00. The number of nitrogens with zero attached hydrogens (tertiary/aromatic N) is 1. The Morgan fingerprint density at radius 2 is 2.10 bits per heavy atom. The fraction of sp³-hybridized carbons (Fsp3) is 0.357. The summed E-state index contributed by atoms with van der Waals surface area (Å²) >= 11 is 5.93. The summed E-state index contributed by atoms with van der Waals surface area (Å²) in [5.41, 5.74) is 0.446. The van der Waals surface area contributed by atoms with E-state index in [1.165, 1.54) is 0 Å². The second-order valence-corrected chi connectivity index (χ2v) is 5.15. The Bertz CT molecular complexity index is 576. The highest BCUT2D eigenvalue weighted by Crippen LogP contribution is 2.20. The molecule has 2 rings (SSSR count). The molecule has 0 unspecified atom stereocenters. The highest BCUT2D eigenvalue weighted by Gasteiger charge is 2.38. The van der Waals surface area contributed by atoms with Crippen LogP contribution < -0.4 is 10.6 Å². The van der Waals surface area contributed by atoms with E-state index >= 15 is 0 Å². The van der Waals surface area contributed by atoms with Crippen LogP contribution in [0, 0.1) is 0 Å². The smallest absolute Gasteiger partial charge is 0.325 e. The summed E-state index contributed by atoms with van der Waals surface area (Å²) < 4.78 is 0. The van der Waals surface area contributed by atoms with E-state index in [4.69, 9.17) is 11.6 Å². The van der Waals surface area contributed by atoms with Gasteiger partial charge in [-0.3, -0.25) is 14.5 Å². The molecule has 0 aromatic heterocycles. The third-order valence-corrected chi connectivity index (χ3v) is 3.46. The maximum absolute atomic E-state index is 12.0. The van der Waals surface area contributed by atoms with Gasteiger partial charge in [-0.2, -0.15) is 0 Å². The summed E-state index contributed by atoms with van der Waals surface area (Å²) in [6, 6.07) is 5.69. The number of amides is 4. The Morgan fingerprint density at radius 1 is 1.38 bits per heavy atom. The van der Waals surface area contributed by atoms with Crippen molar-refractivity contribution in [3.63, 3.8) is 0 Å². The molecule has 2 N–H and O–H groups in total. The molecule has 0 bridgehead atoms. The number of benzene rings is 1. The van der Waals surface area contributed by atoms with Gasteiger partial charge in [0.15, 0.2) is 0 Å². The van der Waals surface area contributed by atoms with Crippen molar-refractivity contribution in [2.45, 2.75) is 25.8 Å². The van der Waals surface area contributed by atoms with Gasteiger partial charge in [-0.05, 0) is 18.6 Å². The Hall–Kier alpha value is -2.08. The number of halogens is 1. The lowest BCUT2D eigenvalue weighted by atomic mass is 10.2. The average molecular weight is 310 g/mol. The summed E-state index contributed by atoms with van der Waals surface area (Å²) in [5.74, 6) is -0.833. The van der Waals surface area contributed by atoms with Crippen molar-refractivity contribution >= 4 is 35.1 Å². The number of urea groups is 1. The second-order valence-electron chi connectivity index (χ2n) is 4.74. The number of hydrogen-bond acceptors (Lipinski definition) is 3. The molecule has 0 aliphatic carbocycles. The topological polar surface area (TPSA) is 78.5 Å². The van der Waals surface area contributed by atoms with E-state index in [2.05, 4.69) is 10.6 Å². The van der Waals surface area contributed by atoms with Crippen molar-refractivity contribution in [2.75, 3.05) is 11.9 Å². The van der Waals surface area contributed by atoms with Gasteiger partial charge in [0.05, 0.1) is 10.7 Å². The van der Waals surface area contributed by atoms with Gasteiger partial charge >= 0.3 is 6.03 Å². The zero-order chi connectivity index (χ0) is 15.4. The average Bonchev–Trinajstić information content (AvgIpc) is 2.70. The van der Waals surface area contributed by atoms with Crippen LogP contribution in [0.1, 0.15) is 19.8 Å². The molecule has 1 aliphatic heterocycles. The SMILES string of the molecule is CCC[C@@H]1NC(=O)N(CC(=O)Nc2ccccc2Cl)C1=O. The Balaban J connectivity index is 1.98. The van der Waals surface area contributed by atoms with E-state index in [1.54, 1.807) is 24.3 Å². The molecule has 7 heteroatoms. The molecule has 1 heterocycles. The van der Waals surface area contributed by atoms with Crippen LogP contribution in [0.15, 0.2) is 24.3 Å². The molecule has 0 saturated carbocycles. The van der Waals surface area contributed by atoms with Crippen molar-refractivity contribution < 1.29 is 14.4 Å². The number of rotatable bonds is 5. The Morgan fingerprint density at radius 3 is 2.76 bits per heavy atom. The summed E-state index contributed by atoms with van der Waals surface area (Å²) in [5, 5.41) is 5.54. The minimum absolute atomic E-state index is 0.323. The van der Waals surface area contributed by atoms with Crippen LogP contribution in [0.5, 0.6) is 0 Å². The van der Waals surface area contributed by atoms with Gasteiger partial charge in [0.1, 0.15) is 12.6 Å². The van der Waals surface area contributed by atoms with Gasteiger partial charge < -0.3 is 10.6 Å². The molecular formula is C14H16ClN3O3. The lowest BCUT2D eigenvalue weighted by Crippen LogP contribution is -2.38. The minimum Gasteiger partial charge on any atom is -0.326 e. The van der Waals surface area contributed by atoms with E-state index in [9.17, 15) is 14.4 Å². The first-order valence-electron chi connectivity index (χ1n) is 6.69. The normalized spacial score (nSPS) is 17.8. The standard InChI is InChI=1S/C14H16ClN3O3/c1-2-5-11-13(20)18(14(21)17-11)8-12(19)16-10-7-4-3-6-9(10)15/h3-4,6-7,11H,2,5,8H2,1H3,(H,16,19)(H,17,21)/t11-/m0/s1. The van der Waals surface area contributed by atoms with Crippen molar-refractivity contribution in [2.24, 2.45) is 0 Å². The van der Waals surface area contributed by atoms with Gasteiger partial charge in [0.25, 0.3) is 5.91 Å². The van der Waals surface area contributed by atoms with Crippen LogP contribution in [-0.2, 0) is 9.59 Å². The third kappa shape index (κ3) is 3.52. The molecule has 1 aromatic rings. The first kappa shape index (κ1) is 15.3. The summed E-state index contributed by atoms with van der Waals surface area (Å²) in [6.45, 7) is 1.60. The predicted molar refractivity (Wildman–Crippen MR) is 79.0 cm³/mol. The molecule has 1 aromatic carbocycles. The summed E-state index contributed by atoms with van der Waals surface area (Å²) in [7, 11) is 0. The van der Waals surface area contributed by atoms with Crippen LogP contribution in [0.2, 0.25) is 5.02 Å². The van der Waals surface area contributed by atoms with E-state index < -0.39 is 18.0 Å². The fourth-order valence-corrected chi connectivity index (χ4v) is 2.29. The maximum Gasteiger partial charge on any atom is 0.325 e. The van der Waals surface area contributed by atoms with E-state index in [1.807, 2.05) is 6.92 Å². The van der Waals surface area contributed by atoms with Crippen LogP contribution in [0.3, 0.4) is 0 Å². The lowest BCUT2D eigenvalue weighted by Gasteiger charge is -2.13. The van der Waals surface area contributed by atoms with E-state index in [0.29, 0.717) is 17.1 Å². The Kier molecular flexibility index (Phi) is 4.80. The molecule has 0 spiro atoms. The number of carbonyl (C=O) groups excluding carboxylic acids is 3. The van der Waals surface area contributed by atoms with Crippen molar-refractivity contribution in [1.82, 2.24) is 10.2 Å². The number of carbonyl (C=O) groups is 3. The van der Waals surface area contributed by atoms with Gasteiger partial charge in [-0.1, -0.05) is 37.1 Å². The summed E-state index contributed by atoms with van der Waals surface area (Å²) in [6.07, 6.45) is 1.34. The van der Waals surface area contributed by atoms with Crippen molar-refractivity contribution in [1.29, 1.82) is 0 Å². The molecule has 21 heavy (non-hydrogen) atoms. The largest absolute Gasteiger partial charge is 0.326 e. The molecule has 1 atom stereocenters. The summed E-state index contributed by atoms with van der Waals surface area (Å²) in [4.78, 5) is 36.6. The lowest BCUT2D eigenvalue weighted by molar-refractivity contribution is -0.130. The molecule has 112 valence electrons. The van der Waals surface area contributed by atoms with Gasteiger partial charge in [-0.25, -0.2) is 4.79 Å². The first-order chi connectivity index (χ1) is 10.0. The molecule has 1 saturated heterocycles. The Labute approximate surface area is 127 Å². The minimum atomic E-state index is -0.534. The van der Waals surface area contributed by atoms with Gasteiger partial charge in [0, 0.05) is 0 Å². The number of nitrogens with one attached hydrogen (secondary N) is 2. The van der Waals surface area contributed by atoms with Crippen LogP contribution in [0.4, 0.5) is 10.5 Å². The van der Waals surface area contributed by atoms with Crippen molar-refractivity contribution in [3.05, 3.63) is 29.3 Å².